The largest absolute Gasteiger partial charge is 0.575 e. The van der Waals surface area contributed by atoms with Gasteiger partial charge in [-0.05, 0) is 23.9 Å². The SMILES string of the molecule is C[C@H](N=[P+]([O-])Oc1c(OC[C@@]2(N=[N+]=[N-])O[C@@H](n3ccc(=O)[nH]c3=O)[C@H](O)[C@@H]2O)ccc2ccccc12)C(=O)O. The molecule has 3 aromatic rings. The number of azide groups is 1. The number of nitrogens with one attached hydrogen (secondary N) is 1. The molecule has 0 saturated carbocycles. The number of hydrogen-bond donors (Lipinski definition) is 4. The number of aliphatic hydroxyl groups excluding tert-OH is 2. The predicted octanol–water partition coefficient (Wildman–Crippen LogP) is 0.734. The molecule has 204 valence electrons. The van der Waals surface area contributed by atoms with Crippen LogP contribution in [0, 0.1) is 0 Å². The highest BCUT2D eigenvalue weighted by molar-refractivity contribution is 7.34. The number of aromatic nitrogens is 2. The molecule has 39 heavy (non-hydrogen) atoms. The molecular formula is C22H21N6O10P. The second kappa shape index (κ2) is 11.2. The number of aliphatic carboxylic acids is 1. The molecule has 1 aliphatic rings. The van der Waals surface area contributed by atoms with E-state index < -0.39 is 62.2 Å². The van der Waals surface area contributed by atoms with Crippen LogP contribution in [0.3, 0.4) is 0 Å². The van der Waals surface area contributed by atoms with Crippen molar-refractivity contribution in [1.29, 1.82) is 0 Å². The molecule has 0 radical (unpaired) electrons. The summed E-state index contributed by atoms with van der Waals surface area (Å²) in [5.74, 6) is -1.47. The molecule has 2 aromatic carbocycles. The Balaban J connectivity index is 1.69. The molecule has 16 nitrogen and oxygen atoms in total. The molecule has 4 N–H and O–H groups in total. The van der Waals surface area contributed by atoms with Gasteiger partial charge in [0.25, 0.3) is 5.56 Å². The van der Waals surface area contributed by atoms with Crippen LogP contribution in [-0.2, 0) is 9.53 Å². The lowest BCUT2D eigenvalue weighted by atomic mass is 10.1. The fourth-order valence-corrected chi connectivity index (χ4v) is 4.60. The van der Waals surface area contributed by atoms with Crippen LogP contribution in [0.15, 0.2) is 68.1 Å². The zero-order valence-corrected chi connectivity index (χ0v) is 20.9. The Bertz CT molecular complexity index is 1600. The Labute approximate surface area is 218 Å². The van der Waals surface area contributed by atoms with E-state index in [2.05, 4.69) is 14.8 Å². The first kappa shape index (κ1) is 27.7. The molecule has 6 atom stereocenters. The number of nitrogens with zero attached hydrogens (tertiary/aromatic N) is 5. The molecule has 0 amide bonds. The number of ether oxygens (including phenoxy) is 2. The number of rotatable bonds is 9. The highest BCUT2D eigenvalue weighted by Gasteiger charge is 2.56. The third kappa shape index (κ3) is 5.61. The van der Waals surface area contributed by atoms with Gasteiger partial charge in [-0.25, -0.2) is 9.59 Å². The van der Waals surface area contributed by atoms with Crippen LogP contribution in [0.25, 0.3) is 21.2 Å². The first-order valence-electron chi connectivity index (χ1n) is 11.2. The van der Waals surface area contributed by atoms with E-state index in [0.29, 0.717) is 10.8 Å². The minimum atomic E-state index is -2.87. The van der Waals surface area contributed by atoms with E-state index in [1.807, 2.05) is 4.98 Å². The van der Waals surface area contributed by atoms with Crippen LogP contribution in [0.4, 0.5) is 0 Å². The van der Waals surface area contributed by atoms with Crippen LogP contribution < -0.4 is 25.4 Å². The highest BCUT2D eigenvalue weighted by atomic mass is 31.1. The zero-order valence-electron chi connectivity index (χ0n) is 20.0. The number of fused-ring (bicyclic) bond motifs is 1. The number of aliphatic hydroxyl groups is 2. The molecule has 1 aliphatic heterocycles. The van der Waals surface area contributed by atoms with Gasteiger partial charge in [-0.3, -0.25) is 18.9 Å². The topological polar surface area (TPSA) is 244 Å². The average Bonchev–Trinajstić information content (AvgIpc) is 3.13. The van der Waals surface area contributed by atoms with Crippen molar-refractivity contribution in [3.8, 4) is 11.5 Å². The molecule has 0 spiro atoms. The Kier molecular flexibility index (Phi) is 7.97. The summed E-state index contributed by atoms with van der Waals surface area (Å²) in [6.07, 6.45) is -4.23. The number of benzene rings is 2. The van der Waals surface area contributed by atoms with E-state index in [0.717, 1.165) is 16.8 Å². The summed E-state index contributed by atoms with van der Waals surface area (Å²) < 4.78 is 21.3. The van der Waals surface area contributed by atoms with Crippen molar-refractivity contribution in [2.75, 3.05) is 6.61 Å². The fourth-order valence-electron chi connectivity index (χ4n) is 3.83. The Morgan fingerprint density at radius 1 is 1.31 bits per heavy atom. The average molecular weight is 560 g/mol. The second-order valence-electron chi connectivity index (χ2n) is 8.36. The van der Waals surface area contributed by atoms with Gasteiger partial charge in [0.15, 0.2) is 18.0 Å². The van der Waals surface area contributed by atoms with Gasteiger partial charge < -0.3 is 29.7 Å². The van der Waals surface area contributed by atoms with E-state index in [1.54, 1.807) is 30.3 Å². The minimum Gasteiger partial charge on any atom is -0.575 e. The van der Waals surface area contributed by atoms with E-state index in [1.165, 1.54) is 13.0 Å². The smallest absolute Gasteiger partial charge is 0.395 e. The predicted molar refractivity (Wildman–Crippen MR) is 132 cm³/mol. The number of carbonyl (C=O) groups is 1. The quantitative estimate of drug-likeness (QED) is 0.124. The monoisotopic (exact) mass is 560 g/mol. The maximum atomic E-state index is 12.5. The van der Waals surface area contributed by atoms with E-state index in [9.17, 15) is 35.0 Å². The van der Waals surface area contributed by atoms with Crippen molar-refractivity contribution in [2.45, 2.75) is 37.1 Å². The summed E-state index contributed by atoms with van der Waals surface area (Å²) >= 11 is 0. The van der Waals surface area contributed by atoms with Crippen molar-refractivity contribution in [3.05, 3.63) is 79.9 Å². The summed E-state index contributed by atoms with van der Waals surface area (Å²) in [5.41, 5.74) is 5.25. The summed E-state index contributed by atoms with van der Waals surface area (Å²) in [5, 5.41) is 35.0. The Morgan fingerprint density at radius 3 is 2.74 bits per heavy atom. The van der Waals surface area contributed by atoms with Gasteiger partial charge in [0.05, 0.1) is 0 Å². The van der Waals surface area contributed by atoms with E-state index in [-0.39, 0.29) is 11.5 Å². The van der Waals surface area contributed by atoms with Crippen LogP contribution in [0.2, 0.25) is 0 Å². The number of H-pyrrole nitrogens is 1. The summed E-state index contributed by atoms with van der Waals surface area (Å²) in [7, 11) is -2.87. The number of carboxylic acid groups (broad SMARTS) is 1. The van der Waals surface area contributed by atoms with Crippen molar-refractivity contribution in [1.82, 2.24) is 9.55 Å². The lowest BCUT2D eigenvalue weighted by Crippen LogP contribution is -2.46. The van der Waals surface area contributed by atoms with Crippen molar-refractivity contribution in [2.24, 2.45) is 9.86 Å². The van der Waals surface area contributed by atoms with Gasteiger partial charge in [0.1, 0.15) is 18.8 Å². The normalized spacial score (nSPS) is 23.7. The first-order valence-corrected chi connectivity index (χ1v) is 12.3. The van der Waals surface area contributed by atoms with Gasteiger partial charge in [0, 0.05) is 22.6 Å². The first-order chi connectivity index (χ1) is 18.6. The maximum absolute atomic E-state index is 12.5. The second-order valence-corrected chi connectivity index (χ2v) is 9.25. The maximum Gasteiger partial charge on any atom is 0.395 e. The lowest BCUT2D eigenvalue weighted by molar-refractivity contribution is -0.169. The van der Waals surface area contributed by atoms with E-state index >= 15 is 0 Å². The van der Waals surface area contributed by atoms with Crippen molar-refractivity contribution < 1.29 is 39.0 Å². The lowest BCUT2D eigenvalue weighted by Gasteiger charge is -2.27. The van der Waals surface area contributed by atoms with Crippen LogP contribution in [0.1, 0.15) is 13.2 Å². The molecule has 1 aromatic heterocycles. The number of carboxylic acids is 1. The molecule has 4 rings (SSSR count). The Morgan fingerprint density at radius 2 is 2.05 bits per heavy atom. The van der Waals surface area contributed by atoms with E-state index in [4.69, 9.17) is 19.1 Å². The van der Waals surface area contributed by atoms with Crippen LogP contribution in [0.5, 0.6) is 11.5 Å². The van der Waals surface area contributed by atoms with Crippen LogP contribution in [-0.4, -0.2) is 61.4 Å². The minimum absolute atomic E-state index is 0.0716. The standard InChI is InChI=1S/C22H21N6O10P/c1-11(20(32)33)25-39(35)38-17-13-5-3-2-4-12(13)6-7-14(17)36-10-22(26-27-23)18(31)16(30)19(37-22)28-9-8-15(29)24-21(28)34/h2-9,11,16,18-19,30-31H,10H2,1H3,(H,32,33)(H,24,29,34)/t11-,16+,18-,19+,22+/m0/s1. The van der Waals surface area contributed by atoms with Crippen molar-refractivity contribution >= 4 is 24.9 Å². The molecule has 1 fully saturated rings. The molecule has 17 heteroatoms. The molecule has 0 aliphatic carbocycles. The van der Waals surface area contributed by atoms with Crippen molar-refractivity contribution in [3.63, 3.8) is 0 Å². The van der Waals surface area contributed by atoms with Gasteiger partial charge in [-0.2, -0.15) is 0 Å². The highest BCUT2D eigenvalue weighted by Crippen LogP contribution is 2.43. The molecular weight excluding hydrogens is 539 g/mol. The third-order valence-corrected chi connectivity index (χ3v) is 6.69. The molecule has 1 saturated heterocycles. The number of hydrogen-bond acceptors (Lipinski definition) is 11. The van der Waals surface area contributed by atoms with Gasteiger partial charge in [0.2, 0.25) is 11.5 Å². The molecule has 1 unspecified atom stereocenters. The fraction of sp³-hybridized carbons (Fsp3) is 0.318. The van der Waals surface area contributed by atoms with Gasteiger partial charge in [-0.1, -0.05) is 40.2 Å². The summed E-state index contributed by atoms with van der Waals surface area (Å²) in [6.45, 7) is 0.495. The molecule has 2 heterocycles. The van der Waals surface area contributed by atoms with Gasteiger partial charge >= 0.3 is 19.8 Å². The third-order valence-electron chi connectivity index (χ3n) is 5.81. The summed E-state index contributed by atoms with van der Waals surface area (Å²) in [6, 6.07) is 9.47. The summed E-state index contributed by atoms with van der Waals surface area (Å²) in [4.78, 5) is 51.9. The zero-order chi connectivity index (χ0) is 28.3. The van der Waals surface area contributed by atoms with Crippen LogP contribution >= 0.6 is 8.17 Å². The molecule has 0 bridgehead atoms. The Hall–Kier alpha value is -4.30. The van der Waals surface area contributed by atoms with Gasteiger partial charge in [-0.15, -0.1) is 0 Å². The number of aromatic amines is 1.